The fourth-order valence-electron chi connectivity index (χ4n) is 2.25. The van der Waals surface area contributed by atoms with Crippen LogP contribution in [0, 0.1) is 5.82 Å². The van der Waals surface area contributed by atoms with Crippen molar-refractivity contribution in [3.63, 3.8) is 0 Å². The molecule has 1 heterocycles. The van der Waals surface area contributed by atoms with Crippen LogP contribution in [0.3, 0.4) is 0 Å². The lowest BCUT2D eigenvalue weighted by atomic mass is 9.94. The SMILES string of the molecule is CCCCCCCCCC(C)(O)c1ccc(F)cn1. The van der Waals surface area contributed by atoms with E-state index in [1.165, 1.54) is 38.2 Å². The average Bonchev–Trinajstić information content (AvgIpc) is 2.38. The van der Waals surface area contributed by atoms with Crippen molar-refractivity contribution in [3.05, 3.63) is 29.8 Å². The molecule has 1 aromatic rings. The van der Waals surface area contributed by atoms with Crippen LogP contribution < -0.4 is 0 Å². The number of rotatable bonds is 9. The number of hydrogen-bond donors (Lipinski definition) is 1. The van der Waals surface area contributed by atoms with E-state index in [4.69, 9.17) is 0 Å². The molecule has 0 bridgehead atoms. The third-order valence-corrected chi connectivity index (χ3v) is 3.55. The summed E-state index contributed by atoms with van der Waals surface area (Å²) >= 11 is 0. The molecule has 0 aliphatic rings. The van der Waals surface area contributed by atoms with Gasteiger partial charge in [0.1, 0.15) is 11.4 Å². The molecule has 0 fully saturated rings. The van der Waals surface area contributed by atoms with E-state index in [1.807, 2.05) is 0 Å². The van der Waals surface area contributed by atoms with Crippen molar-refractivity contribution in [2.24, 2.45) is 0 Å². The number of unbranched alkanes of at least 4 members (excludes halogenated alkanes) is 6. The second kappa shape index (κ2) is 8.26. The van der Waals surface area contributed by atoms with Gasteiger partial charge >= 0.3 is 0 Å². The molecule has 1 unspecified atom stereocenters. The van der Waals surface area contributed by atoms with Crippen LogP contribution in [-0.4, -0.2) is 10.1 Å². The molecule has 0 aliphatic carbocycles. The van der Waals surface area contributed by atoms with Crippen LogP contribution in [0.5, 0.6) is 0 Å². The zero-order valence-electron chi connectivity index (χ0n) is 12.2. The van der Waals surface area contributed by atoms with Gasteiger partial charge in [-0.25, -0.2) is 4.39 Å². The largest absolute Gasteiger partial charge is 0.384 e. The van der Waals surface area contributed by atoms with Crippen molar-refractivity contribution in [2.75, 3.05) is 0 Å². The first-order valence-corrected chi connectivity index (χ1v) is 7.40. The lowest BCUT2D eigenvalue weighted by molar-refractivity contribution is 0.0403. The van der Waals surface area contributed by atoms with E-state index in [9.17, 15) is 9.50 Å². The molecule has 2 nitrogen and oxygen atoms in total. The fraction of sp³-hybridized carbons (Fsp3) is 0.688. The summed E-state index contributed by atoms with van der Waals surface area (Å²) in [6, 6.07) is 2.91. The van der Waals surface area contributed by atoms with Gasteiger partial charge < -0.3 is 5.11 Å². The minimum Gasteiger partial charge on any atom is -0.384 e. The molecule has 0 spiro atoms. The molecule has 108 valence electrons. The van der Waals surface area contributed by atoms with Crippen LogP contribution in [-0.2, 0) is 5.60 Å². The molecule has 0 aliphatic heterocycles. The summed E-state index contributed by atoms with van der Waals surface area (Å²) in [5, 5.41) is 10.3. The summed E-state index contributed by atoms with van der Waals surface area (Å²) < 4.78 is 12.8. The quantitative estimate of drug-likeness (QED) is 0.665. The Morgan fingerprint density at radius 3 is 2.32 bits per heavy atom. The second-order valence-electron chi connectivity index (χ2n) is 5.51. The molecule has 0 aromatic carbocycles. The average molecular weight is 267 g/mol. The monoisotopic (exact) mass is 267 g/mol. The Balaban J connectivity index is 2.25. The normalized spacial score (nSPS) is 14.3. The summed E-state index contributed by atoms with van der Waals surface area (Å²) in [5.41, 5.74) is -0.392. The van der Waals surface area contributed by atoms with Gasteiger partial charge in [0.25, 0.3) is 0 Å². The summed E-state index contributed by atoms with van der Waals surface area (Å²) in [6.45, 7) is 3.97. The highest BCUT2D eigenvalue weighted by atomic mass is 19.1. The highest BCUT2D eigenvalue weighted by Gasteiger charge is 2.23. The first-order valence-electron chi connectivity index (χ1n) is 7.40. The van der Waals surface area contributed by atoms with Crippen LogP contribution in [0.2, 0.25) is 0 Å². The van der Waals surface area contributed by atoms with Crippen LogP contribution in [0.1, 0.15) is 70.9 Å². The van der Waals surface area contributed by atoms with Gasteiger partial charge in [0.15, 0.2) is 0 Å². The number of pyridine rings is 1. The van der Waals surface area contributed by atoms with Gasteiger partial charge in [0, 0.05) is 0 Å². The molecule has 0 amide bonds. The first kappa shape index (κ1) is 16.1. The van der Waals surface area contributed by atoms with E-state index in [0.717, 1.165) is 19.0 Å². The number of aromatic nitrogens is 1. The molecule has 0 saturated carbocycles. The zero-order chi connectivity index (χ0) is 14.1. The molecule has 1 atom stereocenters. The van der Waals surface area contributed by atoms with Gasteiger partial charge in [-0.15, -0.1) is 0 Å². The second-order valence-corrected chi connectivity index (χ2v) is 5.51. The Labute approximate surface area is 116 Å². The molecule has 0 saturated heterocycles. The maximum Gasteiger partial charge on any atom is 0.141 e. The minimum absolute atomic E-state index is 0.365. The van der Waals surface area contributed by atoms with E-state index in [-0.39, 0.29) is 5.82 Å². The molecule has 1 rings (SSSR count). The van der Waals surface area contributed by atoms with E-state index in [1.54, 1.807) is 13.0 Å². The topological polar surface area (TPSA) is 33.1 Å². The Morgan fingerprint density at radius 2 is 1.74 bits per heavy atom. The third kappa shape index (κ3) is 6.15. The molecule has 3 heteroatoms. The third-order valence-electron chi connectivity index (χ3n) is 3.55. The van der Waals surface area contributed by atoms with Crippen LogP contribution >= 0.6 is 0 Å². The number of hydrogen-bond acceptors (Lipinski definition) is 2. The van der Waals surface area contributed by atoms with Crippen LogP contribution in [0.4, 0.5) is 4.39 Å². The Kier molecular flexibility index (Phi) is 7.00. The van der Waals surface area contributed by atoms with Gasteiger partial charge in [0.2, 0.25) is 0 Å². The lowest BCUT2D eigenvalue weighted by Gasteiger charge is -2.22. The molecule has 1 aromatic heterocycles. The fourth-order valence-corrected chi connectivity index (χ4v) is 2.25. The van der Waals surface area contributed by atoms with E-state index >= 15 is 0 Å². The van der Waals surface area contributed by atoms with Crippen molar-refractivity contribution >= 4 is 0 Å². The van der Waals surface area contributed by atoms with Gasteiger partial charge in [-0.05, 0) is 25.5 Å². The summed E-state index contributed by atoms with van der Waals surface area (Å²) in [6.07, 6.45) is 10.4. The molecule has 0 radical (unpaired) electrons. The van der Waals surface area contributed by atoms with E-state index < -0.39 is 5.60 Å². The number of halogens is 1. The molecule has 19 heavy (non-hydrogen) atoms. The Morgan fingerprint density at radius 1 is 1.11 bits per heavy atom. The number of aliphatic hydroxyl groups is 1. The van der Waals surface area contributed by atoms with Gasteiger partial charge in [-0.3, -0.25) is 4.98 Å². The predicted molar refractivity (Wildman–Crippen MR) is 76.4 cm³/mol. The predicted octanol–water partition coefficient (Wildman–Crippen LogP) is 4.57. The van der Waals surface area contributed by atoms with Gasteiger partial charge in [0.05, 0.1) is 11.9 Å². The summed E-state index contributed by atoms with van der Waals surface area (Å²) in [5.74, 6) is -0.365. The summed E-state index contributed by atoms with van der Waals surface area (Å²) in [7, 11) is 0. The summed E-state index contributed by atoms with van der Waals surface area (Å²) in [4.78, 5) is 3.96. The lowest BCUT2D eigenvalue weighted by Crippen LogP contribution is -2.22. The highest BCUT2D eigenvalue weighted by molar-refractivity contribution is 5.12. The minimum atomic E-state index is -0.947. The van der Waals surface area contributed by atoms with Crippen LogP contribution in [0.15, 0.2) is 18.3 Å². The van der Waals surface area contributed by atoms with Crippen molar-refractivity contribution in [1.82, 2.24) is 4.98 Å². The zero-order valence-corrected chi connectivity index (χ0v) is 12.2. The highest BCUT2D eigenvalue weighted by Crippen LogP contribution is 2.25. The van der Waals surface area contributed by atoms with Gasteiger partial charge in [-0.1, -0.05) is 51.9 Å². The Hall–Kier alpha value is -0.960. The molecular formula is C16H26FNO. The Bertz CT molecular complexity index is 348. The first-order chi connectivity index (χ1) is 9.06. The van der Waals surface area contributed by atoms with E-state index in [2.05, 4.69) is 11.9 Å². The van der Waals surface area contributed by atoms with E-state index in [0.29, 0.717) is 12.1 Å². The molecule has 1 N–H and O–H groups in total. The van der Waals surface area contributed by atoms with Gasteiger partial charge in [-0.2, -0.15) is 0 Å². The van der Waals surface area contributed by atoms with Crippen molar-refractivity contribution in [2.45, 2.75) is 70.8 Å². The van der Waals surface area contributed by atoms with Crippen molar-refractivity contribution < 1.29 is 9.50 Å². The van der Waals surface area contributed by atoms with Crippen LogP contribution in [0.25, 0.3) is 0 Å². The van der Waals surface area contributed by atoms with Crippen molar-refractivity contribution in [3.8, 4) is 0 Å². The maximum atomic E-state index is 12.8. The smallest absolute Gasteiger partial charge is 0.141 e. The van der Waals surface area contributed by atoms with Crippen molar-refractivity contribution in [1.29, 1.82) is 0 Å². The standard InChI is InChI=1S/C16H26FNO/c1-3-4-5-6-7-8-9-12-16(2,19)15-11-10-14(17)13-18-15/h10-11,13,19H,3-9,12H2,1-2H3. The molecular weight excluding hydrogens is 241 g/mol. The number of nitrogens with zero attached hydrogens (tertiary/aromatic N) is 1. The maximum absolute atomic E-state index is 12.8.